The Labute approximate surface area is 138 Å². The molecule has 23 heavy (non-hydrogen) atoms. The van der Waals surface area contributed by atoms with Gasteiger partial charge in [-0.15, -0.1) is 25.6 Å². The summed E-state index contributed by atoms with van der Waals surface area (Å²) < 4.78 is 46.5. The van der Waals surface area contributed by atoms with Gasteiger partial charge >= 0.3 is 6.36 Å². The van der Waals surface area contributed by atoms with Crippen LogP contribution in [0, 0.1) is 0 Å². The summed E-state index contributed by atoms with van der Waals surface area (Å²) in [6.45, 7) is 0.962. The molecule has 0 fully saturated rings. The lowest BCUT2D eigenvalue weighted by Crippen LogP contribution is -2.17. The monoisotopic (exact) mass is 347 g/mol. The van der Waals surface area contributed by atoms with E-state index in [0.29, 0.717) is 36.4 Å². The van der Waals surface area contributed by atoms with Crippen LogP contribution in [-0.2, 0) is 0 Å². The number of ether oxygens (including phenoxy) is 2. The Morgan fingerprint density at radius 1 is 1.00 bits per heavy atom. The van der Waals surface area contributed by atoms with Crippen molar-refractivity contribution in [3.05, 3.63) is 48.5 Å². The minimum atomic E-state index is -4.71. The second kappa shape index (κ2) is 8.64. The van der Waals surface area contributed by atoms with Crippen molar-refractivity contribution in [3.8, 4) is 22.6 Å². The Morgan fingerprint density at radius 2 is 1.74 bits per heavy atom. The molecule has 2 N–H and O–H groups in total. The third kappa shape index (κ3) is 6.00. The van der Waals surface area contributed by atoms with Gasteiger partial charge in [0.25, 0.3) is 0 Å². The summed E-state index contributed by atoms with van der Waals surface area (Å²) in [5.74, 6) is 0.335. The van der Waals surface area contributed by atoms with E-state index >= 15 is 0 Å². The Hall–Kier alpha value is -1.92. The van der Waals surface area contributed by atoms with Gasteiger partial charge in [-0.05, 0) is 36.7 Å². The first kappa shape index (κ1) is 19.1. The van der Waals surface area contributed by atoms with E-state index in [1.807, 2.05) is 0 Å². The molecule has 0 radical (unpaired) electrons. The molecular weight excluding hydrogens is 331 g/mol. The van der Waals surface area contributed by atoms with Crippen LogP contribution in [0.4, 0.5) is 13.2 Å². The molecular formula is C16H17ClF3NO2. The third-order valence-corrected chi connectivity index (χ3v) is 2.87. The van der Waals surface area contributed by atoms with E-state index in [0.717, 1.165) is 0 Å². The maximum atomic E-state index is 12.3. The van der Waals surface area contributed by atoms with E-state index in [-0.39, 0.29) is 18.2 Å². The van der Waals surface area contributed by atoms with Gasteiger partial charge in [-0.1, -0.05) is 30.3 Å². The number of nitrogens with two attached hydrogens (primary N) is 1. The molecule has 7 heteroatoms. The predicted molar refractivity (Wildman–Crippen MR) is 85.0 cm³/mol. The topological polar surface area (TPSA) is 44.5 Å². The minimum absolute atomic E-state index is 0. The van der Waals surface area contributed by atoms with Gasteiger partial charge in [0.05, 0.1) is 6.61 Å². The fraction of sp³-hybridized carbons (Fsp3) is 0.250. The number of alkyl halides is 3. The Bertz CT molecular complexity index is 620. The number of benzene rings is 2. The molecule has 0 aromatic heterocycles. The Kier molecular flexibility index (Phi) is 7.19. The largest absolute Gasteiger partial charge is 0.573 e. The highest BCUT2D eigenvalue weighted by molar-refractivity contribution is 5.85. The molecule has 0 saturated carbocycles. The zero-order chi connectivity index (χ0) is 16.0. The Morgan fingerprint density at radius 3 is 2.43 bits per heavy atom. The molecule has 0 bridgehead atoms. The first-order valence-corrected chi connectivity index (χ1v) is 6.77. The van der Waals surface area contributed by atoms with Gasteiger partial charge in [0.15, 0.2) is 0 Å². The quantitative estimate of drug-likeness (QED) is 0.788. The van der Waals surface area contributed by atoms with Gasteiger partial charge in [-0.25, -0.2) is 0 Å². The molecule has 0 aliphatic carbocycles. The average molecular weight is 348 g/mol. The van der Waals surface area contributed by atoms with Crippen LogP contribution in [0.5, 0.6) is 11.5 Å². The molecule has 2 rings (SSSR count). The van der Waals surface area contributed by atoms with Crippen LogP contribution in [-0.4, -0.2) is 19.5 Å². The normalized spacial score (nSPS) is 10.8. The third-order valence-electron chi connectivity index (χ3n) is 2.87. The summed E-state index contributed by atoms with van der Waals surface area (Å²) in [6, 6.07) is 12.9. The van der Waals surface area contributed by atoms with Gasteiger partial charge in [0.1, 0.15) is 11.5 Å². The van der Waals surface area contributed by atoms with Crippen molar-refractivity contribution >= 4 is 12.4 Å². The number of hydrogen-bond donors (Lipinski definition) is 1. The van der Waals surface area contributed by atoms with Crippen molar-refractivity contribution < 1.29 is 22.6 Å². The molecule has 126 valence electrons. The first-order chi connectivity index (χ1) is 10.5. The summed E-state index contributed by atoms with van der Waals surface area (Å²) in [5, 5.41) is 0. The van der Waals surface area contributed by atoms with E-state index < -0.39 is 6.36 Å². The van der Waals surface area contributed by atoms with Crippen LogP contribution < -0.4 is 15.2 Å². The average Bonchev–Trinajstić information content (AvgIpc) is 2.46. The van der Waals surface area contributed by atoms with E-state index in [1.165, 1.54) is 18.2 Å². The maximum absolute atomic E-state index is 12.3. The van der Waals surface area contributed by atoms with Crippen molar-refractivity contribution in [2.75, 3.05) is 13.2 Å². The molecule has 2 aromatic carbocycles. The summed E-state index contributed by atoms with van der Waals surface area (Å²) in [5.41, 5.74) is 6.71. The SMILES string of the molecule is Cl.NCCCOc1ccccc1-c1cccc(OC(F)(F)F)c1. The molecule has 3 nitrogen and oxygen atoms in total. The fourth-order valence-corrected chi connectivity index (χ4v) is 1.96. The summed E-state index contributed by atoms with van der Waals surface area (Å²) in [4.78, 5) is 0. The number of halogens is 4. The standard InChI is InChI=1S/C16H16F3NO2.ClH/c17-16(18,19)22-13-6-3-5-12(11-13)14-7-1-2-8-15(14)21-10-4-9-20;/h1-3,5-8,11H,4,9-10,20H2;1H. The highest BCUT2D eigenvalue weighted by Gasteiger charge is 2.31. The lowest BCUT2D eigenvalue weighted by molar-refractivity contribution is -0.274. The summed E-state index contributed by atoms with van der Waals surface area (Å²) in [7, 11) is 0. The predicted octanol–water partition coefficient (Wildman–Crippen LogP) is 4.40. The van der Waals surface area contributed by atoms with Crippen LogP contribution in [0.25, 0.3) is 11.1 Å². The van der Waals surface area contributed by atoms with Gasteiger partial charge in [0, 0.05) is 5.56 Å². The van der Waals surface area contributed by atoms with Crippen molar-refractivity contribution in [1.82, 2.24) is 0 Å². The van der Waals surface area contributed by atoms with Crippen LogP contribution in [0.1, 0.15) is 6.42 Å². The smallest absolute Gasteiger partial charge is 0.493 e. The van der Waals surface area contributed by atoms with E-state index in [9.17, 15) is 13.2 Å². The van der Waals surface area contributed by atoms with E-state index in [2.05, 4.69) is 4.74 Å². The van der Waals surface area contributed by atoms with Crippen molar-refractivity contribution in [2.45, 2.75) is 12.8 Å². The lowest BCUT2D eigenvalue weighted by Gasteiger charge is -2.13. The maximum Gasteiger partial charge on any atom is 0.573 e. The number of hydrogen-bond acceptors (Lipinski definition) is 3. The molecule has 2 aromatic rings. The molecule has 0 unspecified atom stereocenters. The number of para-hydroxylation sites is 1. The summed E-state index contributed by atoms with van der Waals surface area (Å²) in [6.07, 6.45) is -4.01. The van der Waals surface area contributed by atoms with E-state index in [4.69, 9.17) is 10.5 Å². The van der Waals surface area contributed by atoms with Gasteiger partial charge in [-0.3, -0.25) is 0 Å². The molecule has 0 aliphatic heterocycles. The van der Waals surface area contributed by atoms with Gasteiger partial charge < -0.3 is 15.2 Å². The van der Waals surface area contributed by atoms with Crippen LogP contribution >= 0.6 is 12.4 Å². The summed E-state index contributed by atoms with van der Waals surface area (Å²) >= 11 is 0. The van der Waals surface area contributed by atoms with Gasteiger partial charge in [-0.2, -0.15) is 0 Å². The molecule has 0 aliphatic rings. The zero-order valence-electron chi connectivity index (χ0n) is 12.2. The van der Waals surface area contributed by atoms with Crippen LogP contribution in [0.15, 0.2) is 48.5 Å². The molecule has 0 saturated heterocycles. The molecule has 0 spiro atoms. The Balaban J connectivity index is 0.00000264. The first-order valence-electron chi connectivity index (χ1n) is 6.77. The number of rotatable bonds is 6. The zero-order valence-corrected chi connectivity index (χ0v) is 13.0. The molecule has 0 heterocycles. The van der Waals surface area contributed by atoms with Crippen molar-refractivity contribution in [3.63, 3.8) is 0 Å². The van der Waals surface area contributed by atoms with Crippen molar-refractivity contribution in [1.29, 1.82) is 0 Å². The van der Waals surface area contributed by atoms with Crippen molar-refractivity contribution in [2.24, 2.45) is 5.73 Å². The minimum Gasteiger partial charge on any atom is -0.493 e. The van der Waals surface area contributed by atoms with Crippen LogP contribution in [0.3, 0.4) is 0 Å². The molecule has 0 amide bonds. The van der Waals surface area contributed by atoms with Gasteiger partial charge in [0.2, 0.25) is 0 Å². The second-order valence-electron chi connectivity index (χ2n) is 4.56. The fourth-order valence-electron chi connectivity index (χ4n) is 1.96. The van der Waals surface area contributed by atoms with E-state index in [1.54, 1.807) is 30.3 Å². The lowest BCUT2D eigenvalue weighted by atomic mass is 10.0. The second-order valence-corrected chi connectivity index (χ2v) is 4.56. The highest BCUT2D eigenvalue weighted by Crippen LogP contribution is 2.33. The van der Waals surface area contributed by atoms with Crippen LogP contribution in [0.2, 0.25) is 0 Å². The highest BCUT2D eigenvalue weighted by atomic mass is 35.5. The molecule has 0 atom stereocenters.